The summed E-state index contributed by atoms with van der Waals surface area (Å²) in [6.07, 6.45) is 2.81. The van der Waals surface area contributed by atoms with Crippen molar-refractivity contribution in [2.45, 2.75) is 18.2 Å². The Morgan fingerprint density at radius 1 is 1.00 bits per heavy atom. The molecule has 0 aliphatic heterocycles. The predicted octanol–water partition coefficient (Wildman–Crippen LogP) is 3.65. The van der Waals surface area contributed by atoms with Crippen LogP contribution in [-0.4, -0.2) is 20.0 Å². The minimum Gasteiger partial charge on any atom is -0.272 e. The van der Waals surface area contributed by atoms with E-state index in [9.17, 15) is 8.42 Å². The summed E-state index contributed by atoms with van der Waals surface area (Å²) < 4.78 is 24.6. The quantitative estimate of drug-likeness (QED) is 0.865. The van der Waals surface area contributed by atoms with Gasteiger partial charge < -0.3 is 0 Å². The summed E-state index contributed by atoms with van der Waals surface area (Å²) in [4.78, 5) is 4.64. The van der Waals surface area contributed by atoms with E-state index in [1.807, 2.05) is 37.3 Å². The topological polar surface area (TPSA) is 46.5 Å². The van der Waals surface area contributed by atoms with Crippen molar-refractivity contribution in [1.82, 2.24) is 0 Å². The summed E-state index contributed by atoms with van der Waals surface area (Å²) >= 11 is 0. The molecule has 0 aromatic heterocycles. The number of aryl methyl sites for hydroxylation is 1. The van der Waals surface area contributed by atoms with Crippen LogP contribution in [-0.2, 0) is 9.84 Å². The van der Waals surface area contributed by atoms with Crippen molar-refractivity contribution in [3.05, 3.63) is 71.8 Å². The Morgan fingerprint density at radius 2 is 1.68 bits per heavy atom. The predicted molar refractivity (Wildman–Crippen MR) is 89.7 cm³/mol. The highest BCUT2D eigenvalue weighted by Gasteiger charge is 2.19. The molecule has 0 spiro atoms. The zero-order valence-electron chi connectivity index (χ0n) is 12.4. The van der Waals surface area contributed by atoms with Gasteiger partial charge in [-0.3, -0.25) is 4.99 Å². The molecule has 0 saturated heterocycles. The van der Waals surface area contributed by atoms with Gasteiger partial charge in [-0.05, 0) is 30.2 Å². The first-order valence-corrected chi connectivity index (χ1v) is 8.80. The molecular weight excluding hydrogens is 294 g/mol. The Balaban J connectivity index is 1.77. The lowest BCUT2D eigenvalue weighted by atomic mass is 9.89. The van der Waals surface area contributed by atoms with Crippen LogP contribution in [0.3, 0.4) is 0 Å². The fraction of sp³-hybridized carbons (Fsp3) is 0.167. The zero-order valence-corrected chi connectivity index (χ0v) is 13.2. The second-order valence-electron chi connectivity index (χ2n) is 5.35. The third-order valence-electron chi connectivity index (χ3n) is 3.70. The Bertz CT molecular complexity index is 832. The summed E-state index contributed by atoms with van der Waals surface area (Å²) in [5.74, 6) is -0.199. The van der Waals surface area contributed by atoms with Crippen LogP contribution in [0.1, 0.15) is 17.5 Å². The van der Waals surface area contributed by atoms with Crippen LogP contribution in [0.2, 0.25) is 0 Å². The van der Waals surface area contributed by atoms with Gasteiger partial charge in [0.1, 0.15) is 5.88 Å². The van der Waals surface area contributed by atoms with Gasteiger partial charge in [0.15, 0.2) is 9.84 Å². The smallest absolute Gasteiger partial charge is 0.198 e. The van der Waals surface area contributed by atoms with Crippen molar-refractivity contribution < 1.29 is 8.42 Å². The van der Waals surface area contributed by atoms with E-state index >= 15 is 0 Å². The standard InChI is InChI=1S/C18H17NO2S/c1-14-7-9-16(10-8-14)22(20,21)13-19-18-12-11-17(18)15-5-3-2-4-6-15/h2-11H,12-13H2,1H3/b19-18+. The second kappa shape index (κ2) is 5.89. The summed E-state index contributed by atoms with van der Waals surface area (Å²) in [7, 11) is -3.37. The van der Waals surface area contributed by atoms with E-state index in [1.54, 1.807) is 24.3 Å². The van der Waals surface area contributed by atoms with Crippen LogP contribution >= 0.6 is 0 Å². The van der Waals surface area contributed by atoms with Gasteiger partial charge in [-0.1, -0.05) is 54.1 Å². The molecule has 0 saturated carbocycles. The van der Waals surface area contributed by atoms with Crippen molar-refractivity contribution in [2.24, 2.45) is 4.99 Å². The maximum Gasteiger partial charge on any atom is 0.198 e. The van der Waals surface area contributed by atoms with Gasteiger partial charge in [-0.25, -0.2) is 8.42 Å². The third kappa shape index (κ3) is 3.02. The first kappa shape index (κ1) is 14.7. The fourth-order valence-corrected chi connectivity index (χ4v) is 3.36. The molecule has 0 heterocycles. The summed E-state index contributed by atoms with van der Waals surface area (Å²) in [5.41, 5.74) is 4.03. The number of rotatable bonds is 4. The van der Waals surface area contributed by atoms with Crippen LogP contribution in [0, 0.1) is 6.92 Å². The fourth-order valence-electron chi connectivity index (χ4n) is 2.33. The van der Waals surface area contributed by atoms with Crippen LogP contribution in [0.4, 0.5) is 0 Å². The van der Waals surface area contributed by atoms with Crippen molar-refractivity contribution >= 4 is 21.1 Å². The molecule has 0 N–H and O–H groups in total. The first-order valence-electron chi connectivity index (χ1n) is 7.15. The minimum atomic E-state index is -3.37. The van der Waals surface area contributed by atoms with E-state index in [-0.39, 0.29) is 5.88 Å². The molecule has 0 bridgehead atoms. The van der Waals surface area contributed by atoms with Gasteiger partial charge >= 0.3 is 0 Å². The number of sulfone groups is 1. The second-order valence-corrected chi connectivity index (χ2v) is 7.31. The van der Waals surface area contributed by atoms with E-state index in [1.165, 1.54) is 0 Å². The summed E-state index contributed by atoms with van der Waals surface area (Å²) in [6.45, 7) is 1.93. The number of hydrogen-bond acceptors (Lipinski definition) is 3. The van der Waals surface area contributed by atoms with Crippen LogP contribution in [0.5, 0.6) is 0 Å². The first-order chi connectivity index (χ1) is 10.6. The molecular formula is C18H17NO2S. The van der Waals surface area contributed by atoms with Gasteiger partial charge in [0.2, 0.25) is 0 Å². The van der Waals surface area contributed by atoms with E-state index in [2.05, 4.69) is 11.1 Å². The Hall–Kier alpha value is -2.20. The Kier molecular flexibility index (Phi) is 3.94. The molecule has 0 amide bonds. The molecule has 2 aromatic rings. The molecule has 3 rings (SSSR count). The van der Waals surface area contributed by atoms with E-state index in [0.717, 1.165) is 28.8 Å². The molecule has 0 fully saturated rings. The molecule has 22 heavy (non-hydrogen) atoms. The lowest BCUT2D eigenvalue weighted by Crippen LogP contribution is -2.14. The molecule has 0 radical (unpaired) electrons. The number of aliphatic imine (C=N–C) groups is 1. The molecule has 112 valence electrons. The van der Waals surface area contributed by atoms with Crippen LogP contribution in [0.15, 0.2) is 70.6 Å². The zero-order chi connectivity index (χ0) is 15.6. The Labute approximate surface area is 131 Å². The minimum absolute atomic E-state index is 0.199. The monoisotopic (exact) mass is 311 g/mol. The van der Waals surface area contributed by atoms with Gasteiger partial charge in [0.05, 0.1) is 4.90 Å². The van der Waals surface area contributed by atoms with Crippen molar-refractivity contribution in [3.8, 4) is 0 Å². The third-order valence-corrected chi connectivity index (χ3v) is 5.16. The molecule has 0 unspecified atom stereocenters. The molecule has 0 atom stereocenters. The molecule has 1 aliphatic rings. The molecule has 3 nitrogen and oxygen atoms in total. The average molecular weight is 311 g/mol. The number of allylic oxidation sites excluding steroid dienone is 2. The maximum atomic E-state index is 12.3. The summed E-state index contributed by atoms with van der Waals surface area (Å²) in [5, 5.41) is 0. The van der Waals surface area contributed by atoms with Gasteiger partial charge in [-0.15, -0.1) is 0 Å². The normalized spacial score (nSPS) is 16.2. The SMILES string of the molecule is Cc1ccc(S(=O)(=O)C/N=C2\CC=C2c2ccccc2)cc1. The lowest BCUT2D eigenvalue weighted by Gasteiger charge is -2.18. The highest BCUT2D eigenvalue weighted by atomic mass is 32.2. The molecule has 4 heteroatoms. The van der Waals surface area contributed by atoms with Gasteiger partial charge in [0, 0.05) is 12.1 Å². The largest absolute Gasteiger partial charge is 0.272 e. The Morgan fingerprint density at radius 3 is 2.27 bits per heavy atom. The highest BCUT2D eigenvalue weighted by Crippen LogP contribution is 2.27. The average Bonchev–Trinajstić information content (AvgIpc) is 2.47. The highest BCUT2D eigenvalue weighted by molar-refractivity contribution is 7.91. The van der Waals surface area contributed by atoms with E-state index in [4.69, 9.17) is 0 Å². The molecule has 2 aromatic carbocycles. The van der Waals surface area contributed by atoms with E-state index < -0.39 is 9.84 Å². The van der Waals surface area contributed by atoms with Crippen LogP contribution in [0.25, 0.3) is 5.57 Å². The van der Waals surface area contributed by atoms with E-state index in [0.29, 0.717) is 4.90 Å². The lowest BCUT2D eigenvalue weighted by molar-refractivity contribution is 0.596. The van der Waals surface area contributed by atoms with Gasteiger partial charge in [-0.2, -0.15) is 0 Å². The number of benzene rings is 2. The summed E-state index contributed by atoms with van der Waals surface area (Å²) in [6, 6.07) is 16.8. The van der Waals surface area contributed by atoms with Crippen molar-refractivity contribution in [3.63, 3.8) is 0 Å². The molecule has 1 aliphatic carbocycles. The number of hydrogen-bond donors (Lipinski definition) is 0. The number of nitrogens with zero attached hydrogens (tertiary/aromatic N) is 1. The maximum absolute atomic E-state index is 12.3. The van der Waals surface area contributed by atoms with Crippen molar-refractivity contribution in [1.29, 1.82) is 0 Å². The van der Waals surface area contributed by atoms with Crippen molar-refractivity contribution in [2.75, 3.05) is 5.88 Å². The van der Waals surface area contributed by atoms with Crippen LogP contribution < -0.4 is 0 Å². The van der Waals surface area contributed by atoms with Gasteiger partial charge in [0.25, 0.3) is 0 Å².